The van der Waals surface area contributed by atoms with Gasteiger partial charge in [-0.3, -0.25) is 9.59 Å². The van der Waals surface area contributed by atoms with Gasteiger partial charge in [-0.15, -0.1) is 0 Å². The minimum atomic E-state index is -0.511. The Morgan fingerprint density at radius 1 is 1.15 bits per heavy atom. The molecule has 7 nitrogen and oxygen atoms in total. The number of amides is 2. The van der Waals surface area contributed by atoms with E-state index in [0.717, 1.165) is 41.8 Å². The van der Waals surface area contributed by atoms with Crippen molar-refractivity contribution in [2.24, 2.45) is 5.92 Å². The highest BCUT2D eigenvalue weighted by Crippen LogP contribution is 2.47. The quantitative estimate of drug-likeness (QED) is 0.581. The molecular formula is C27H32N2O5. The van der Waals surface area contributed by atoms with Crippen LogP contribution in [0.3, 0.4) is 0 Å². The highest BCUT2D eigenvalue weighted by molar-refractivity contribution is 5.93. The SMILES string of the molecule is C[C@@H](NC(=O)C[C@H]1C[C@H]2c3cc(NC(=O)C4CCC4)ccc3O[C@H]2[C@H](CO)O1)c1ccccc1. The van der Waals surface area contributed by atoms with Gasteiger partial charge in [-0.1, -0.05) is 36.8 Å². The lowest BCUT2D eigenvalue weighted by Crippen LogP contribution is -2.47. The largest absolute Gasteiger partial charge is 0.487 e. The molecule has 2 fully saturated rings. The predicted octanol–water partition coefficient (Wildman–Crippen LogP) is 3.69. The van der Waals surface area contributed by atoms with Crippen molar-refractivity contribution in [3.8, 4) is 5.75 Å². The number of hydrogen-bond donors (Lipinski definition) is 3. The van der Waals surface area contributed by atoms with E-state index in [4.69, 9.17) is 9.47 Å². The number of nitrogens with one attached hydrogen (secondary N) is 2. The molecule has 5 atom stereocenters. The number of carbonyl (C=O) groups is 2. The normalized spacial score (nSPS) is 26.4. The fraction of sp³-hybridized carbons (Fsp3) is 0.481. The summed E-state index contributed by atoms with van der Waals surface area (Å²) in [5.74, 6) is 0.841. The second-order valence-electron chi connectivity index (χ2n) is 9.68. The minimum absolute atomic E-state index is 0.00852. The number of aliphatic hydroxyl groups excluding tert-OH is 1. The van der Waals surface area contributed by atoms with Crippen LogP contribution < -0.4 is 15.4 Å². The molecule has 0 spiro atoms. The minimum Gasteiger partial charge on any atom is -0.487 e. The van der Waals surface area contributed by atoms with Gasteiger partial charge in [0.25, 0.3) is 0 Å². The van der Waals surface area contributed by atoms with Gasteiger partial charge in [0, 0.05) is 23.1 Å². The van der Waals surface area contributed by atoms with Crippen LogP contribution in [0.25, 0.3) is 0 Å². The van der Waals surface area contributed by atoms with Crippen LogP contribution in [-0.4, -0.2) is 41.8 Å². The molecule has 3 aliphatic rings. The number of aliphatic hydroxyl groups is 1. The summed E-state index contributed by atoms with van der Waals surface area (Å²) in [7, 11) is 0. The van der Waals surface area contributed by atoms with Crippen molar-refractivity contribution in [1.29, 1.82) is 0 Å². The number of anilines is 1. The van der Waals surface area contributed by atoms with Gasteiger partial charge in [-0.2, -0.15) is 0 Å². The monoisotopic (exact) mass is 464 g/mol. The van der Waals surface area contributed by atoms with Crippen LogP contribution in [0.1, 0.15) is 62.1 Å². The van der Waals surface area contributed by atoms with Gasteiger partial charge in [0.1, 0.15) is 18.0 Å². The van der Waals surface area contributed by atoms with E-state index in [-0.39, 0.29) is 54.9 Å². The van der Waals surface area contributed by atoms with E-state index < -0.39 is 6.10 Å². The third kappa shape index (κ3) is 4.68. The lowest BCUT2D eigenvalue weighted by atomic mass is 9.83. The molecule has 0 aromatic heterocycles. The molecule has 0 unspecified atom stereocenters. The molecule has 2 aliphatic heterocycles. The van der Waals surface area contributed by atoms with Crippen LogP contribution in [-0.2, 0) is 14.3 Å². The van der Waals surface area contributed by atoms with E-state index in [0.29, 0.717) is 6.42 Å². The maximum absolute atomic E-state index is 12.8. The summed E-state index contributed by atoms with van der Waals surface area (Å²) in [6, 6.07) is 15.4. The van der Waals surface area contributed by atoms with Crippen LogP contribution in [0.5, 0.6) is 5.75 Å². The first-order chi connectivity index (χ1) is 16.5. The Morgan fingerprint density at radius 2 is 1.94 bits per heavy atom. The molecule has 2 aromatic carbocycles. The Morgan fingerprint density at radius 3 is 2.65 bits per heavy atom. The topological polar surface area (TPSA) is 96.9 Å². The van der Waals surface area contributed by atoms with Gasteiger partial charge < -0.3 is 25.2 Å². The van der Waals surface area contributed by atoms with Gasteiger partial charge in [0.05, 0.1) is 25.2 Å². The zero-order chi connectivity index (χ0) is 23.7. The summed E-state index contributed by atoms with van der Waals surface area (Å²) >= 11 is 0. The van der Waals surface area contributed by atoms with E-state index >= 15 is 0 Å². The van der Waals surface area contributed by atoms with Gasteiger partial charge in [-0.05, 0) is 49.9 Å². The molecule has 1 saturated carbocycles. The molecule has 0 radical (unpaired) electrons. The van der Waals surface area contributed by atoms with Crippen LogP contribution in [0.2, 0.25) is 0 Å². The molecule has 2 heterocycles. The zero-order valence-corrected chi connectivity index (χ0v) is 19.4. The van der Waals surface area contributed by atoms with Crippen LogP contribution in [0.15, 0.2) is 48.5 Å². The molecular weight excluding hydrogens is 432 g/mol. The lowest BCUT2D eigenvalue weighted by molar-refractivity contribution is -0.142. The van der Waals surface area contributed by atoms with Crippen molar-refractivity contribution in [2.45, 2.75) is 69.3 Å². The maximum atomic E-state index is 12.8. The van der Waals surface area contributed by atoms with Gasteiger partial charge in [0.15, 0.2) is 0 Å². The first kappa shape index (κ1) is 22.9. The summed E-state index contributed by atoms with van der Waals surface area (Å²) in [5, 5.41) is 16.1. The summed E-state index contributed by atoms with van der Waals surface area (Å²) in [4.78, 5) is 25.2. The fourth-order valence-corrected chi connectivity index (χ4v) is 5.21. The lowest BCUT2D eigenvalue weighted by Gasteiger charge is -2.37. The van der Waals surface area contributed by atoms with Gasteiger partial charge in [-0.25, -0.2) is 0 Å². The number of benzene rings is 2. The van der Waals surface area contributed by atoms with Crippen molar-refractivity contribution in [2.75, 3.05) is 11.9 Å². The molecule has 1 aliphatic carbocycles. The van der Waals surface area contributed by atoms with Crippen molar-refractivity contribution in [3.63, 3.8) is 0 Å². The molecule has 0 bridgehead atoms. The van der Waals surface area contributed by atoms with Gasteiger partial charge >= 0.3 is 0 Å². The molecule has 7 heteroatoms. The Hall–Kier alpha value is -2.90. The molecule has 180 valence electrons. The Labute approximate surface area is 199 Å². The first-order valence-electron chi connectivity index (χ1n) is 12.2. The average molecular weight is 465 g/mol. The second-order valence-corrected chi connectivity index (χ2v) is 9.68. The van der Waals surface area contributed by atoms with Crippen LogP contribution >= 0.6 is 0 Å². The van der Waals surface area contributed by atoms with Crippen LogP contribution in [0, 0.1) is 5.92 Å². The summed E-state index contributed by atoms with van der Waals surface area (Å²) in [6.07, 6.45) is 2.69. The number of fused-ring (bicyclic) bond motifs is 3. The summed E-state index contributed by atoms with van der Waals surface area (Å²) in [5.41, 5.74) is 2.81. The molecule has 5 rings (SSSR count). The van der Waals surface area contributed by atoms with Crippen molar-refractivity contribution in [1.82, 2.24) is 5.32 Å². The van der Waals surface area contributed by atoms with Crippen molar-refractivity contribution in [3.05, 3.63) is 59.7 Å². The van der Waals surface area contributed by atoms with E-state index in [9.17, 15) is 14.7 Å². The fourth-order valence-electron chi connectivity index (χ4n) is 5.21. The van der Waals surface area contributed by atoms with E-state index in [2.05, 4.69) is 10.6 Å². The van der Waals surface area contributed by atoms with E-state index in [1.54, 1.807) is 0 Å². The highest BCUT2D eigenvalue weighted by atomic mass is 16.6. The van der Waals surface area contributed by atoms with E-state index in [1.807, 2.05) is 55.5 Å². The molecule has 2 aromatic rings. The summed E-state index contributed by atoms with van der Waals surface area (Å²) in [6.45, 7) is 1.78. The smallest absolute Gasteiger partial charge is 0.227 e. The summed E-state index contributed by atoms with van der Waals surface area (Å²) < 4.78 is 12.2. The number of ether oxygens (including phenoxy) is 2. The predicted molar refractivity (Wildman–Crippen MR) is 128 cm³/mol. The van der Waals surface area contributed by atoms with Crippen molar-refractivity contribution < 1.29 is 24.2 Å². The number of hydrogen-bond acceptors (Lipinski definition) is 5. The third-order valence-electron chi connectivity index (χ3n) is 7.33. The third-order valence-corrected chi connectivity index (χ3v) is 7.33. The second kappa shape index (κ2) is 9.76. The number of carbonyl (C=O) groups excluding carboxylic acids is 2. The standard InChI is InChI=1S/C27H32N2O5/c1-16(17-6-3-2-4-7-17)28-25(31)14-20-13-22-21-12-19(29-27(32)18-8-5-9-18)10-11-23(21)34-26(22)24(15-30)33-20/h2-4,6-7,10-12,16,18,20,22,24,26,30H,5,8-9,13-15H2,1H3,(H,28,31)(H,29,32)/t16-,20-,22+,24+,26-/m1/s1. The van der Waals surface area contributed by atoms with Gasteiger partial charge in [0.2, 0.25) is 11.8 Å². The molecule has 34 heavy (non-hydrogen) atoms. The Balaban J connectivity index is 1.26. The number of rotatable bonds is 7. The molecule has 3 N–H and O–H groups in total. The zero-order valence-electron chi connectivity index (χ0n) is 19.4. The Bertz CT molecular complexity index is 1040. The van der Waals surface area contributed by atoms with Crippen LogP contribution in [0.4, 0.5) is 5.69 Å². The molecule has 2 amide bonds. The Kier molecular flexibility index (Phi) is 6.57. The molecule has 1 saturated heterocycles. The van der Waals surface area contributed by atoms with Crippen molar-refractivity contribution >= 4 is 17.5 Å². The highest BCUT2D eigenvalue weighted by Gasteiger charge is 2.46. The average Bonchev–Trinajstić information content (AvgIpc) is 3.16. The maximum Gasteiger partial charge on any atom is 0.227 e. The van der Waals surface area contributed by atoms with E-state index in [1.165, 1.54) is 0 Å². The first-order valence-corrected chi connectivity index (χ1v) is 12.2.